The first-order valence-corrected chi connectivity index (χ1v) is 9.42. The van der Waals surface area contributed by atoms with Crippen LogP contribution in [0.25, 0.3) is 0 Å². The van der Waals surface area contributed by atoms with Crippen molar-refractivity contribution < 1.29 is 9.21 Å². The molecule has 26 heavy (non-hydrogen) atoms. The lowest BCUT2D eigenvalue weighted by Gasteiger charge is -2.25. The SMILES string of the molecule is CC(C)CNC(=O)c1coc(CN(Cc2ccc(Cl)cc2Cl)C(C)C)n1. The van der Waals surface area contributed by atoms with Gasteiger partial charge in [-0.25, -0.2) is 4.98 Å². The summed E-state index contributed by atoms with van der Waals surface area (Å²) in [5.41, 5.74) is 1.28. The van der Waals surface area contributed by atoms with Gasteiger partial charge in [0.05, 0.1) is 6.54 Å². The molecule has 1 aromatic heterocycles. The molecule has 2 rings (SSSR count). The van der Waals surface area contributed by atoms with Crippen LogP contribution in [0.4, 0.5) is 0 Å². The van der Waals surface area contributed by atoms with Crippen LogP contribution in [-0.4, -0.2) is 28.4 Å². The monoisotopic (exact) mass is 397 g/mol. The molecule has 0 radical (unpaired) electrons. The first-order valence-electron chi connectivity index (χ1n) is 8.66. The van der Waals surface area contributed by atoms with Crippen molar-refractivity contribution in [1.29, 1.82) is 0 Å². The van der Waals surface area contributed by atoms with Crippen LogP contribution in [0.1, 0.15) is 49.6 Å². The Morgan fingerprint density at radius 3 is 2.58 bits per heavy atom. The average Bonchev–Trinajstić information content (AvgIpc) is 3.02. The summed E-state index contributed by atoms with van der Waals surface area (Å²) >= 11 is 12.2. The van der Waals surface area contributed by atoms with Crippen LogP contribution in [0.15, 0.2) is 28.9 Å². The Kier molecular flexibility index (Phi) is 7.50. The Hall–Kier alpha value is -1.56. The Balaban J connectivity index is 2.05. The molecule has 0 fully saturated rings. The third-order valence-electron chi connectivity index (χ3n) is 3.91. The summed E-state index contributed by atoms with van der Waals surface area (Å²) in [6.45, 7) is 9.97. The Bertz CT molecular complexity index is 744. The molecule has 1 heterocycles. The quantitative estimate of drug-likeness (QED) is 0.696. The Labute approximate surface area is 164 Å². The Morgan fingerprint density at radius 1 is 1.23 bits per heavy atom. The van der Waals surface area contributed by atoms with Crippen molar-refractivity contribution in [1.82, 2.24) is 15.2 Å². The predicted octanol–water partition coefficient (Wildman–Crippen LogP) is 4.78. The fourth-order valence-electron chi connectivity index (χ4n) is 2.34. The Morgan fingerprint density at radius 2 is 1.96 bits per heavy atom. The molecule has 7 heteroatoms. The van der Waals surface area contributed by atoms with E-state index in [1.165, 1.54) is 6.26 Å². The van der Waals surface area contributed by atoms with E-state index in [1.54, 1.807) is 6.07 Å². The molecule has 1 amide bonds. The summed E-state index contributed by atoms with van der Waals surface area (Å²) in [5.74, 6) is 0.662. The lowest BCUT2D eigenvalue weighted by Crippen LogP contribution is -2.30. The lowest BCUT2D eigenvalue weighted by molar-refractivity contribution is 0.0944. The minimum Gasteiger partial charge on any atom is -0.447 e. The average molecular weight is 398 g/mol. The number of hydrogen-bond acceptors (Lipinski definition) is 4. The standard InChI is InChI=1S/C19H25Cl2N3O2/c1-12(2)8-22-19(25)17-11-26-18(23-17)10-24(13(3)4)9-14-5-6-15(20)7-16(14)21/h5-7,11-13H,8-10H2,1-4H3,(H,22,25). The first-order chi connectivity index (χ1) is 12.3. The molecule has 0 saturated heterocycles. The van der Waals surface area contributed by atoms with Gasteiger partial charge in [0.15, 0.2) is 5.69 Å². The van der Waals surface area contributed by atoms with Gasteiger partial charge in [0.2, 0.25) is 5.89 Å². The van der Waals surface area contributed by atoms with Gasteiger partial charge in [-0.15, -0.1) is 0 Å². The van der Waals surface area contributed by atoms with Crippen molar-refractivity contribution >= 4 is 29.1 Å². The fourth-order valence-corrected chi connectivity index (χ4v) is 2.81. The number of hydrogen-bond donors (Lipinski definition) is 1. The van der Waals surface area contributed by atoms with Crippen molar-refractivity contribution in [3.05, 3.63) is 51.7 Å². The number of carbonyl (C=O) groups excluding carboxylic acids is 1. The van der Waals surface area contributed by atoms with Crippen molar-refractivity contribution in [2.75, 3.05) is 6.54 Å². The van der Waals surface area contributed by atoms with E-state index in [1.807, 2.05) is 26.0 Å². The van der Waals surface area contributed by atoms with Crippen molar-refractivity contribution in [3.8, 4) is 0 Å². The minimum atomic E-state index is -0.217. The highest BCUT2D eigenvalue weighted by Gasteiger charge is 2.18. The number of rotatable bonds is 8. The number of nitrogens with one attached hydrogen (secondary N) is 1. The minimum absolute atomic E-state index is 0.217. The number of nitrogens with zero attached hydrogens (tertiary/aromatic N) is 2. The zero-order chi connectivity index (χ0) is 19.3. The van der Waals surface area contributed by atoms with Gasteiger partial charge in [0.1, 0.15) is 6.26 Å². The van der Waals surface area contributed by atoms with Gasteiger partial charge in [0, 0.05) is 29.2 Å². The van der Waals surface area contributed by atoms with Crippen molar-refractivity contribution in [2.45, 2.75) is 46.8 Å². The smallest absolute Gasteiger partial charge is 0.273 e. The van der Waals surface area contributed by atoms with Gasteiger partial charge in [-0.1, -0.05) is 43.1 Å². The molecule has 142 valence electrons. The van der Waals surface area contributed by atoms with Gasteiger partial charge in [-0.3, -0.25) is 9.69 Å². The summed E-state index contributed by atoms with van der Waals surface area (Å²) in [7, 11) is 0. The normalized spacial score (nSPS) is 11.6. The predicted molar refractivity (Wildman–Crippen MR) is 105 cm³/mol. The first kappa shape index (κ1) is 20.7. The van der Waals surface area contributed by atoms with E-state index in [4.69, 9.17) is 27.6 Å². The second-order valence-corrected chi connectivity index (χ2v) is 7.81. The highest BCUT2D eigenvalue weighted by atomic mass is 35.5. The maximum absolute atomic E-state index is 12.1. The van der Waals surface area contributed by atoms with E-state index >= 15 is 0 Å². The second-order valence-electron chi connectivity index (χ2n) is 6.96. The van der Waals surface area contributed by atoms with Crippen LogP contribution < -0.4 is 5.32 Å². The van der Waals surface area contributed by atoms with Crippen LogP contribution in [0.5, 0.6) is 0 Å². The van der Waals surface area contributed by atoms with E-state index in [-0.39, 0.29) is 11.9 Å². The van der Waals surface area contributed by atoms with E-state index in [9.17, 15) is 4.79 Å². The van der Waals surface area contributed by atoms with Gasteiger partial charge < -0.3 is 9.73 Å². The van der Waals surface area contributed by atoms with Crippen LogP contribution in [0.3, 0.4) is 0 Å². The third kappa shape index (κ3) is 6.01. The number of benzene rings is 1. The van der Waals surface area contributed by atoms with Crippen LogP contribution in [-0.2, 0) is 13.1 Å². The maximum Gasteiger partial charge on any atom is 0.273 e. The number of amides is 1. The number of aromatic nitrogens is 1. The van der Waals surface area contributed by atoms with Crippen molar-refractivity contribution in [3.63, 3.8) is 0 Å². The summed E-state index contributed by atoms with van der Waals surface area (Å²) < 4.78 is 5.49. The summed E-state index contributed by atoms with van der Waals surface area (Å²) in [5, 5.41) is 4.08. The third-order valence-corrected chi connectivity index (χ3v) is 4.50. The van der Waals surface area contributed by atoms with E-state index in [0.717, 1.165) is 5.56 Å². The van der Waals surface area contributed by atoms with E-state index < -0.39 is 0 Å². The van der Waals surface area contributed by atoms with Gasteiger partial charge in [-0.05, 0) is 37.5 Å². The number of halogens is 2. The molecule has 0 aliphatic carbocycles. The van der Waals surface area contributed by atoms with Gasteiger partial charge in [0.25, 0.3) is 5.91 Å². The highest BCUT2D eigenvalue weighted by Crippen LogP contribution is 2.23. The zero-order valence-corrected chi connectivity index (χ0v) is 17.1. The number of carbonyl (C=O) groups is 1. The molecular weight excluding hydrogens is 373 g/mol. The second kappa shape index (κ2) is 9.40. The molecular formula is C19H25Cl2N3O2. The molecule has 1 aromatic carbocycles. The van der Waals surface area contributed by atoms with Crippen LogP contribution in [0, 0.1) is 5.92 Å². The summed E-state index contributed by atoms with van der Waals surface area (Å²) in [6, 6.07) is 5.72. The van der Waals surface area contributed by atoms with Gasteiger partial charge >= 0.3 is 0 Å². The summed E-state index contributed by atoms with van der Waals surface area (Å²) in [4.78, 5) is 18.5. The molecule has 0 unspecified atom stereocenters. The fraction of sp³-hybridized carbons (Fsp3) is 0.474. The number of oxazole rings is 1. The lowest BCUT2D eigenvalue weighted by atomic mass is 10.2. The molecule has 0 bridgehead atoms. The van der Waals surface area contributed by atoms with Crippen LogP contribution in [0.2, 0.25) is 10.0 Å². The molecule has 0 saturated carbocycles. The molecule has 0 spiro atoms. The largest absolute Gasteiger partial charge is 0.447 e. The molecule has 2 aromatic rings. The molecule has 1 N–H and O–H groups in total. The molecule has 5 nitrogen and oxygen atoms in total. The summed E-state index contributed by atoms with van der Waals surface area (Å²) in [6.07, 6.45) is 1.40. The van der Waals surface area contributed by atoms with E-state index in [0.29, 0.717) is 47.2 Å². The van der Waals surface area contributed by atoms with Crippen LogP contribution >= 0.6 is 23.2 Å². The highest BCUT2D eigenvalue weighted by molar-refractivity contribution is 6.35. The zero-order valence-electron chi connectivity index (χ0n) is 15.6. The molecule has 0 aliphatic heterocycles. The van der Waals surface area contributed by atoms with E-state index in [2.05, 4.69) is 29.0 Å². The topological polar surface area (TPSA) is 58.4 Å². The van der Waals surface area contributed by atoms with Crippen molar-refractivity contribution in [2.24, 2.45) is 5.92 Å². The molecule has 0 aliphatic rings. The molecule has 0 atom stereocenters. The van der Waals surface area contributed by atoms with Gasteiger partial charge in [-0.2, -0.15) is 0 Å². The maximum atomic E-state index is 12.1.